The summed E-state index contributed by atoms with van der Waals surface area (Å²) in [6.45, 7) is 5.77. The molecule has 1 aromatic rings. The second kappa shape index (κ2) is 6.21. The Labute approximate surface area is 110 Å². The van der Waals surface area contributed by atoms with Gasteiger partial charge in [-0.2, -0.15) is 0 Å². The average Bonchev–Trinajstić information content (AvgIpc) is 2.85. The van der Waals surface area contributed by atoms with Gasteiger partial charge in [-0.1, -0.05) is 25.1 Å². The number of anilines is 1. The van der Waals surface area contributed by atoms with Gasteiger partial charge in [0.15, 0.2) is 0 Å². The van der Waals surface area contributed by atoms with Gasteiger partial charge in [-0.05, 0) is 32.0 Å². The van der Waals surface area contributed by atoms with E-state index in [-0.39, 0.29) is 6.61 Å². The molecule has 1 aliphatic rings. The lowest BCUT2D eigenvalue weighted by Crippen LogP contribution is -2.39. The first-order valence-corrected chi connectivity index (χ1v) is 6.90. The highest BCUT2D eigenvalue weighted by molar-refractivity contribution is 5.52. The summed E-state index contributed by atoms with van der Waals surface area (Å²) >= 11 is 0. The topological polar surface area (TPSA) is 26.7 Å². The largest absolute Gasteiger partial charge is 0.392 e. The van der Waals surface area contributed by atoms with E-state index in [0.29, 0.717) is 6.04 Å². The first kappa shape index (κ1) is 13.4. The van der Waals surface area contributed by atoms with Crippen LogP contribution in [0, 0.1) is 0 Å². The lowest BCUT2D eigenvalue weighted by atomic mass is 10.1. The lowest BCUT2D eigenvalue weighted by molar-refractivity contribution is 0.269. The van der Waals surface area contributed by atoms with Crippen molar-refractivity contribution in [3.8, 4) is 0 Å². The van der Waals surface area contributed by atoms with Crippen LogP contribution in [0.1, 0.15) is 25.3 Å². The molecule has 0 saturated carbocycles. The van der Waals surface area contributed by atoms with Crippen LogP contribution in [0.25, 0.3) is 0 Å². The maximum Gasteiger partial charge on any atom is 0.0702 e. The quantitative estimate of drug-likeness (QED) is 0.864. The smallest absolute Gasteiger partial charge is 0.0702 e. The minimum Gasteiger partial charge on any atom is -0.392 e. The van der Waals surface area contributed by atoms with Crippen LogP contribution in [-0.2, 0) is 6.61 Å². The van der Waals surface area contributed by atoms with Gasteiger partial charge in [0, 0.05) is 30.9 Å². The Hall–Kier alpha value is -1.06. The number of aliphatic hydroxyl groups is 1. The van der Waals surface area contributed by atoms with Crippen LogP contribution in [0.3, 0.4) is 0 Å². The van der Waals surface area contributed by atoms with Crippen molar-refractivity contribution in [1.82, 2.24) is 4.90 Å². The number of likely N-dealkylation sites (N-methyl/N-ethyl adjacent to an activating group) is 2. The molecule has 1 atom stereocenters. The average molecular weight is 248 g/mol. The highest BCUT2D eigenvalue weighted by Gasteiger charge is 2.24. The van der Waals surface area contributed by atoms with Gasteiger partial charge in [0.2, 0.25) is 0 Å². The van der Waals surface area contributed by atoms with Crippen LogP contribution < -0.4 is 4.90 Å². The monoisotopic (exact) mass is 248 g/mol. The van der Waals surface area contributed by atoms with E-state index in [4.69, 9.17) is 0 Å². The van der Waals surface area contributed by atoms with E-state index in [0.717, 1.165) is 24.3 Å². The zero-order chi connectivity index (χ0) is 13.0. The fraction of sp³-hybridized carbons (Fsp3) is 0.600. The summed E-state index contributed by atoms with van der Waals surface area (Å²) in [6.07, 6.45) is 2.60. The Bertz CT molecular complexity index is 381. The third-order valence-electron chi connectivity index (χ3n) is 3.96. The van der Waals surface area contributed by atoms with Gasteiger partial charge in [-0.25, -0.2) is 0 Å². The minimum atomic E-state index is 0.114. The molecule has 1 fully saturated rings. The van der Waals surface area contributed by atoms with E-state index in [1.165, 1.54) is 19.4 Å². The molecule has 1 N–H and O–H groups in total. The van der Waals surface area contributed by atoms with Gasteiger partial charge >= 0.3 is 0 Å². The third kappa shape index (κ3) is 2.85. The summed E-state index contributed by atoms with van der Waals surface area (Å²) in [5.41, 5.74) is 2.17. The fourth-order valence-corrected chi connectivity index (χ4v) is 2.95. The van der Waals surface area contributed by atoms with Crippen molar-refractivity contribution in [1.29, 1.82) is 0 Å². The van der Waals surface area contributed by atoms with Crippen LogP contribution in [0.15, 0.2) is 24.3 Å². The molecule has 1 aliphatic heterocycles. The Morgan fingerprint density at radius 2 is 2.17 bits per heavy atom. The molecule has 0 spiro atoms. The zero-order valence-corrected chi connectivity index (χ0v) is 11.5. The number of likely N-dealkylation sites (tertiary alicyclic amines) is 1. The molecular formula is C15H24N2O. The molecule has 1 unspecified atom stereocenters. The SMILES string of the molecule is CCN1CCCC1CN(C)c1ccccc1CO. The molecule has 1 aromatic carbocycles. The normalized spacial score (nSPS) is 20.3. The molecule has 100 valence electrons. The molecule has 1 saturated heterocycles. The van der Waals surface area contributed by atoms with Gasteiger partial charge in [-0.3, -0.25) is 4.90 Å². The fourth-order valence-electron chi connectivity index (χ4n) is 2.95. The first-order valence-electron chi connectivity index (χ1n) is 6.90. The van der Waals surface area contributed by atoms with Crippen molar-refractivity contribution in [3.05, 3.63) is 29.8 Å². The third-order valence-corrected chi connectivity index (χ3v) is 3.96. The van der Waals surface area contributed by atoms with Gasteiger partial charge in [-0.15, -0.1) is 0 Å². The van der Waals surface area contributed by atoms with Gasteiger partial charge in [0.1, 0.15) is 0 Å². The minimum absolute atomic E-state index is 0.114. The maximum absolute atomic E-state index is 9.39. The van der Waals surface area contributed by atoms with Crippen LogP contribution in [0.4, 0.5) is 5.69 Å². The Kier molecular flexibility index (Phi) is 4.61. The molecular weight excluding hydrogens is 224 g/mol. The predicted octanol–water partition coefficient (Wildman–Crippen LogP) is 2.10. The summed E-state index contributed by atoms with van der Waals surface area (Å²) in [4.78, 5) is 4.84. The van der Waals surface area contributed by atoms with Gasteiger partial charge < -0.3 is 10.0 Å². The first-order chi connectivity index (χ1) is 8.76. The van der Waals surface area contributed by atoms with E-state index < -0.39 is 0 Å². The lowest BCUT2D eigenvalue weighted by Gasteiger charge is -2.30. The Morgan fingerprint density at radius 3 is 2.89 bits per heavy atom. The molecule has 18 heavy (non-hydrogen) atoms. The standard InChI is InChI=1S/C15H24N2O/c1-3-17-10-6-8-14(17)11-16(2)15-9-5-4-7-13(15)12-18/h4-5,7,9,14,18H,3,6,8,10-12H2,1-2H3. The number of rotatable bonds is 5. The van der Waals surface area contributed by atoms with Crippen molar-refractivity contribution >= 4 is 5.69 Å². The number of benzene rings is 1. The molecule has 0 amide bonds. The number of aliphatic hydroxyl groups excluding tert-OH is 1. The number of nitrogens with zero attached hydrogens (tertiary/aromatic N) is 2. The summed E-state index contributed by atoms with van der Waals surface area (Å²) in [5.74, 6) is 0. The van der Waals surface area contributed by atoms with Crippen molar-refractivity contribution in [3.63, 3.8) is 0 Å². The van der Waals surface area contributed by atoms with Gasteiger partial charge in [0.25, 0.3) is 0 Å². The molecule has 0 aromatic heterocycles. The van der Waals surface area contributed by atoms with E-state index in [1.54, 1.807) is 0 Å². The van der Waals surface area contributed by atoms with E-state index in [1.807, 2.05) is 18.2 Å². The number of hydrogen-bond donors (Lipinski definition) is 1. The molecule has 0 bridgehead atoms. The van der Waals surface area contributed by atoms with Crippen molar-refractivity contribution in [2.75, 3.05) is 31.6 Å². The second-order valence-corrected chi connectivity index (χ2v) is 5.09. The van der Waals surface area contributed by atoms with Crippen LogP contribution in [0.2, 0.25) is 0 Å². The van der Waals surface area contributed by atoms with Crippen LogP contribution >= 0.6 is 0 Å². The Morgan fingerprint density at radius 1 is 1.39 bits per heavy atom. The van der Waals surface area contributed by atoms with E-state index in [9.17, 15) is 5.11 Å². The van der Waals surface area contributed by atoms with Gasteiger partial charge in [0.05, 0.1) is 6.61 Å². The molecule has 2 rings (SSSR count). The van der Waals surface area contributed by atoms with Crippen LogP contribution in [-0.4, -0.2) is 42.7 Å². The van der Waals surface area contributed by atoms with Crippen LogP contribution in [0.5, 0.6) is 0 Å². The molecule has 0 aliphatic carbocycles. The van der Waals surface area contributed by atoms with Crippen molar-refractivity contribution in [2.45, 2.75) is 32.4 Å². The van der Waals surface area contributed by atoms with E-state index >= 15 is 0 Å². The van der Waals surface area contributed by atoms with E-state index in [2.05, 4.69) is 29.8 Å². The summed E-state index contributed by atoms with van der Waals surface area (Å²) in [5, 5.41) is 9.39. The highest BCUT2D eigenvalue weighted by atomic mass is 16.3. The number of hydrogen-bond acceptors (Lipinski definition) is 3. The molecule has 3 nitrogen and oxygen atoms in total. The van der Waals surface area contributed by atoms with Crippen molar-refractivity contribution < 1.29 is 5.11 Å². The summed E-state index contributed by atoms with van der Waals surface area (Å²) < 4.78 is 0. The molecule has 0 radical (unpaired) electrons. The zero-order valence-electron chi connectivity index (χ0n) is 11.5. The second-order valence-electron chi connectivity index (χ2n) is 5.09. The molecule has 1 heterocycles. The summed E-state index contributed by atoms with van der Waals surface area (Å²) in [6, 6.07) is 8.77. The summed E-state index contributed by atoms with van der Waals surface area (Å²) in [7, 11) is 2.13. The number of para-hydroxylation sites is 1. The predicted molar refractivity (Wildman–Crippen MR) is 75.9 cm³/mol. The van der Waals surface area contributed by atoms with Crippen molar-refractivity contribution in [2.24, 2.45) is 0 Å². The Balaban J connectivity index is 2.05. The maximum atomic E-state index is 9.39. The highest BCUT2D eigenvalue weighted by Crippen LogP contribution is 2.23. The molecule has 3 heteroatoms.